The van der Waals surface area contributed by atoms with E-state index in [0.717, 1.165) is 11.3 Å². The molecule has 1 fully saturated rings. The lowest BCUT2D eigenvalue weighted by molar-refractivity contribution is -0.380. The van der Waals surface area contributed by atoms with Crippen molar-refractivity contribution < 1.29 is 24.4 Å². The lowest BCUT2D eigenvalue weighted by Gasteiger charge is -2.38. The summed E-state index contributed by atoms with van der Waals surface area (Å²) in [5, 5.41) is 21.8. The second kappa shape index (κ2) is 7.16. The first kappa shape index (κ1) is 21.4. The number of thiophene rings is 1. The van der Waals surface area contributed by atoms with E-state index in [2.05, 4.69) is 0 Å². The number of allylic oxidation sites excluding steroid dienone is 2. The van der Waals surface area contributed by atoms with E-state index in [1.807, 2.05) is 27.7 Å². The molecular formula is C21H25NO6S. The van der Waals surface area contributed by atoms with Crippen molar-refractivity contribution in [2.24, 2.45) is 16.7 Å². The van der Waals surface area contributed by atoms with Crippen LogP contribution in [-0.2, 0) is 14.4 Å². The maximum atomic E-state index is 13.0. The summed E-state index contributed by atoms with van der Waals surface area (Å²) in [6, 6.07) is 2.80. The fourth-order valence-corrected chi connectivity index (χ4v) is 5.48. The van der Waals surface area contributed by atoms with E-state index in [-0.39, 0.29) is 59.4 Å². The third kappa shape index (κ3) is 4.17. The molecule has 1 atom stereocenters. The summed E-state index contributed by atoms with van der Waals surface area (Å²) in [6.45, 7) is 7.41. The third-order valence-electron chi connectivity index (χ3n) is 5.64. The zero-order chi connectivity index (χ0) is 21.7. The van der Waals surface area contributed by atoms with Gasteiger partial charge in [0.05, 0.1) is 10.8 Å². The Hall–Kier alpha value is -2.35. The maximum Gasteiger partial charge on any atom is 0.324 e. The van der Waals surface area contributed by atoms with Gasteiger partial charge in [0.2, 0.25) is 0 Å². The Balaban J connectivity index is 2.15. The Morgan fingerprint density at radius 3 is 2.07 bits per heavy atom. The summed E-state index contributed by atoms with van der Waals surface area (Å²) in [7, 11) is 0. The summed E-state index contributed by atoms with van der Waals surface area (Å²) in [5.74, 6) is -3.10. The van der Waals surface area contributed by atoms with Crippen molar-refractivity contribution in [2.75, 3.05) is 0 Å². The fourth-order valence-electron chi connectivity index (χ4n) is 4.51. The van der Waals surface area contributed by atoms with Gasteiger partial charge in [-0.1, -0.05) is 39.0 Å². The van der Waals surface area contributed by atoms with Crippen LogP contribution in [0.1, 0.15) is 64.2 Å². The molecule has 7 nitrogen and oxygen atoms in total. The molecule has 3 rings (SSSR count). The van der Waals surface area contributed by atoms with Crippen LogP contribution in [0.4, 0.5) is 5.00 Å². The smallest absolute Gasteiger partial charge is 0.324 e. The van der Waals surface area contributed by atoms with Gasteiger partial charge in [-0.25, -0.2) is 0 Å². The van der Waals surface area contributed by atoms with Gasteiger partial charge in [0.15, 0.2) is 5.78 Å². The van der Waals surface area contributed by atoms with Gasteiger partial charge in [-0.05, 0) is 16.9 Å². The van der Waals surface area contributed by atoms with Gasteiger partial charge in [-0.2, -0.15) is 0 Å². The van der Waals surface area contributed by atoms with Crippen LogP contribution in [0.2, 0.25) is 0 Å². The van der Waals surface area contributed by atoms with Crippen LogP contribution in [0.3, 0.4) is 0 Å². The fraction of sp³-hybridized carbons (Fsp3) is 0.571. The van der Waals surface area contributed by atoms with Crippen LogP contribution in [0.5, 0.6) is 0 Å². The van der Waals surface area contributed by atoms with Crippen LogP contribution >= 0.6 is 11.3 Å². The third-order valence-corrected chi connectivity index (χ3v) is 6.76. The molecule has 1 saturated carbocycles. The van der Waals surface area contributed by atoms with E-state index < -0.39 is 27.6 Å². The monoisotopic (exact) mass is 419 g/mol. The van der Waals surface area contributed by atoms with Gasteiger partial charge in [0.1, 0.15) is 17.3 Å². The van der Waals surface area contributed by atoms with Gasteiger partial charge >= 0.3 is 5.00 Å². The number of carbonyl (C=O) groups excluding carboxylic acids is 3. The Labute approximate surface area is 173 Å². The number of rotatable bonds is 4. The molecule has 1 aromatic rings. The van der Waals surface area contributed by atoms with Crippen molar-refractivity contribution in [1.29, 1.82) is 0 Å². The van der Waals surface area contributed by atoms with Gasteiger partial charge in [-0.15, -0.1) is 0 Å². The summed E-state index contributed by atoms with van der Waals surface area (Å²) in [5.41, 5.74) is -0.835. The number of ketones is 3. The highest BCUT2D eigenvalue weighted by Crippen LogP contribution is 2.49. The Kier molecular flexibility index (Phi) is 5.28. The number of hydrogen-bond donors (Lipinski definition) is 1. The molecule has 0 saturated heterocycles. The first-order valence-corrected chi connectivity index (χ1v) is 10.4. The molecule has 8 heteroatoms. The standard InChI is InChI=1S/C21H25NO6S/c1-20(2)7-11(23)17(12(24)8-20)19(15-5-6-16(29-15)22(27)28)18-13(25)9-21(3,4)10-14(18)26/h5-6,17,19,25H,7-10H2,1-4H3/t19-/m1/s1. The van der Waals surface area contributed by atoms with Crippen molar-refractivity contribution in [2.45, 2.75) is 59.3 Å². The molecule has 2 aliphatic carbocycles. The number of nitro groups is 1. The van der Waals surface area contributed by atoms with Crippen LogP contribution in [0.25, 0.3) is 0 Å². The van der Waals surface area contributed by atoms with E-state index >= 15 is 0 Å². The minimum absolute atomic E-state index is 0.0625. The lowest BCUT2D eigenvalue weighted by atomic mass is 9.64. The summed E-state index contributed by atoms with van der Waals surface area (Å²) >= 11 is 0.843. The largest absolute Gasteiger partial charge is 0.512 e. The van der Waals surface area contributed by atoms with Crippen molar-refractivity contribution in [3.8, 4) is 0 Å². The SMILES string of the molecule is CC1(C)CC(=O)C([C@H](C2=C(O)CC(C)(C)CC2=O)c2ccc([N+](=O)[O-])s2)C(=O)C1. The highest BCUT2D eigenvalue weighted by atomic mass is 32.1. The molecule has 0 amide bonds. The number of nitrogens with zero attached hydrogens (tertiary/aromatic N) is 1. The van der Waals surface area contributed by atoms with Gasteiger partial charge in [-0.3, -0.25) is 24.5 Å². The van der Waals surface area contributed by atoms with Crippen molar-refractivity contribution >= 4 is 33.7 Å². The molecule has 0 unspecified atom stereocenters. The van der Waals surface area contributed by atoms with Crippen molar-refractivity contribution in [3.05, 3.63) is 38.5 Å². The highest BCUT2D eigenvalue weighted by molar-refractivity contribution is 7.15. The van der Waals surface area contributed by atoms with Crippen LogP contribution in [0.15, 0.2) is 23.5 Å². The van der Waals surface area contributed by atoms with Crippen LogP contribution in [0, 0.1) is 26.9 Å². The number of aliphatic hydroxyl groups is 1. The maximum absolute atomic E-state index is 13.0. The molecule has 29 heavy (non-hydrogen) atoms. The van der Waals surface area contributed by atoms with E-state index in [4.69, 9.17) is 0 Å². The molecule has 0 aromatic carbocycles. The van der Waals surface area contributed by atoms with E-state index in [9.17, 15) is 29.6 Å². The molecule has 2 aliphatic rings. The van der Waals surface area contributed by atoms with Gasteiger partial charge < -0.3 is 5.11 Å². The molecule has 0 bridgehead atoms. The number of carbonyl (C=O) groups is 3. The van der Waals surface area contributed by atoms with E-state index in [0.29, 0.717) is 4.88 Å². The predicted molar refractivity (Wildman–Crippen MR) is 108 cm³/mol. The topological polar surface area (TPSA) is 115 Å². The lowest BCUT2D eigenvalue weighted by Crippen LogP contribution is -2.42. The second-order valence-corrected chi connectivity index (χ2v) is 10.7. The molecular weight excluding hydrogens is 394 g/mol. The minimum atomic E-state index is -1.11. The van der Waals surface area contributed by atoms with Crippen molar-refractivity contribution in [1.82, 2.24) is 0 Å². The molecule has 0 aliphatic heterocycles. The van der Waals surface area contributed by atoms with Gasteiger partial charge in [0.25, 0.3) is 0 Å². The zero-order valence-electron chi connectivity index (χ0n) is 17.0. The first-order valence-electron chi connectivity index (χ1n) is 9.56. The Bertz CT molecular complexity index is 919. The van der Waals surface area contributed by atoms with Crippen LogP contribution < -0.4 is 0 Å². The average molecular weight is 419 g/mol. The quantitative estimate of drug-likeness (QED) is 0.436. The Morgan fingerprint density at radius 1 is 1.03 bits per heavy atom. The average Bonchev–Trinajstić information content (AvgIpc) is 2.99. The zero-order valence-corrected chi connectivity index (χ0v) is 17.8. The van der Waals surface area contributed by atoms with E-state index in [1.165, 1.54) is 12.1 Å². The molecule has 0 spiro atoms. The summed E-state index contributed by atoms with van der Waals surface area (Å²) < 4.78 is 0. The molecule has 1 heterocycles. The second-order valence-electron chi connectivity index (χ2n) is 9.64. The number of Topliss-reactive ketones (excluding diaryl/α,β-unsaturated/α-hetero) is 3. The molecule has 1 aromatic heterocycles. The molecule has 1 N–H and O–H groups in total. The Morgan fingerprint density at radius 2 is 1.59 bits per heavy atom. The first-order chi connectivity index (χ1) is 13.3. The number of aliphatic hydroxyl groups excluding tert-OH is 1. The number of hydrogen-bond acceptors (Lipinski definition) is 7. The van der Waals surface area contributed by atoms with Crippen LogP contribution in [-0.4, -0.2) is 27.4 Å². The summed E-state index contributed by atoms with van der Waals surface area (Å²) in [6.07, 6.45) is 0.789. The highest BCUT2D eigenvalue weighted by Gasteiger charge is 2.49. The molecule has 156 valence electrons. The summed E-state index contributed by atoms with van der Waals surface area (Å²) in [4.78, 5) is 50.0. The van der Waals surface area contributed by atoms with E-state index in [1.54, 1.807) is 0 Å². The molecule has 0 radical (unpaired) electrons. The predicted octanol–water partition coefficient (Wildman–Crippen LogP) is 4.52. The normalized spacial score (nSPS) is 23.4. The minimum Gasteiger partial charge on any atom is -0.512 e. The van der Waals surface area contributed by atoms with Crippen molar-refractivity contribution in [3.63, 3.8) is 0 Å². The van der Waals surface area contributed by atoms with Gasteiger partial charge in [0, 0.05) is 48.1 Å².